The van der Waals surface area contributed by atoms with Gasteiger partial charge in [0.05, 0.1) is 29.5 Å². The van der Waals surface area contributed by atoms with E-state index in [1.54, 1.807) is 18.2 Å². The van der Waals surface area contributed by atoms with Gasteiger partial charge in [-0.1, -0.05) is 19.1 Å². The lowest BCUT2D eigenvalue weighted by atomic mass is 10.3. The van der Waals surface area contributed by atoms with Crippen molar-refractivity contribution in [3.63, 3.8) is 0 Å². The summed E-state index contributed by atoms with van der Waals surface area (Å²) in [6, 6.07) is 6.95. The molecule has 0 fully saturated rings. The Bertz CT molecular complexity index is 477. The van der Waals surface area contributed by atoms with Crippen LogP contribution < -0.4 is 5.32 Å². The number of ether oxygens (including phenoxy) is 1. The summed E-state index contributed by atoms with van der Waals surface area (Å²) in [6.07, 6.45) is 0.607. The predicted molar refractivity (Wildman–Crippen MR) is 78.8 cm³/mol. The Morgan fingerprint density at radius 3 is 2.68 bits per heavy atom. The maximum Gasteiger partial charge on any atom is 0.180 e. The molecule has 1 aromatic carbocycles. The van der Waals surface area contributed by atoms with Crippen LogP contribution in [0.5, 0.6) is 0 Å². The average molecular weight is 306 g/mol. The summed E-state index contributed by atoms with van der Waals surface area (Å²) < 4.78 is 29.4. The molecule has 0 spiro atoms. The van der Waals surface area contributed by atoms with Crippen LogP contribution in [0.15, 0.2) is 29.2 Å². The molecule has 0 saturated heterocycles. The number of halogens is 1. The fourth-order valence-corrected chi connectivity index (χ4v) is 3.30. The van der Waals surface area contributed by atoms with E-state index in [0.717, 1.165) is 0 Å². The standard InChI is InChI=1S/C13H20ClNO3S/c1-2-11-19(16,17)13-6-4-3-5-12(13)15-8-10-18-9-7-14/h3-6,15H,2,7-11H2,1H3. The Labute approximate surface area is 120 Å². The van der Waals surface area contributed by atoms with E-state index in [-0.39, 0.29) is 5.75 Å². The Balaban J connectivity index is 2.68. The lowest BCUT2D eigenvalue weighted by Gasteiger charge is -2.12. The molecule has 1 N–H and O–H groups in total. The first kappa shape index (κ1) is 16.3. The number of benzene rings is 1. The maximum atomic E-state index is 12.1. The van der Waals surface area contributed by atoms with Gasteiger partial charge in [0.15, 0.2) is 9.84 Å². The summed E-state index contributed by atoms with van der Waals surface area (Å²) in [5.74, 6) is 0.621. The van der Waals surface area contributed by atoms with Gasteiger partial charge in [-0.2, -0.15) is 0 Å². The Morgan fingerprint density at radius 2 is 2.00 bits per heavy atom. The molecule has 0 atom stereocenters. The van der Waals surface area contributed by atoms with E-state index in [1.165, 1.54) is 0 Å². The van der Waals surface area contributed by atoms with Crippen LogP contribution >= 0.6 is 11.6 Å². The minimum Gasteiger partial charge on any atom is -0.382 e. The number of para-hydroxylation sites is 1. The zero-order chi connectivity index (χ0) is 14.1. The highest BCUT2D eigenvalue weighted by atomic mass is 35.5. The van der Waals surface area contributed by atoms with Crippen molar-refractivity contribution in [2.75, 3.05) is 36.7 Å². The highest BCUT2D eigenvalue weighted by molar-refractivity contribution is 7.91. The van der Waals surface area contributed by atoms with E-state index in [1.807, 2.05) is 13.0 Å². The van der Waals surface area contributed by atoms with Crippen LogP contribution in [0.4, 0.5) is 5.69 Å². The van der Waals surface area contributed by atoms with Gasteiger partial charge in [0.2, 0.25) is 0 Å². The lowest BCUT2D eigenvalue weighted by Crippen LogP contribution is -2.14. The van der Waals surface area contributed by atoms with Crippen LogP contribution in [0.25, 0.3) is 0 Å². The number of anilines is 1. The van der Waals surface area contributed by atoms with Crippen molar-refractivity contribution in [1.82, 2.24) is 0 Å². The van der Waals surface area contributed by atoms with Gasteiger partial charge in [0, 0.05) is 12.4 Å². The summed E-state index contributed by atoms with van der Waals surface area (Å²) >= 11 is 5.49. The largest absolute Gasteiger partial charge is 0.382 e. The van der Waals surface area contributed by atoms with Crippen LogP contribution in [0.3, 0.4) is 0 Å². The average Bonchev–Trinajstić information content (AvgIpc) is 2.39. The summed E-state index contributed by atoms with van der Waals surface area (Å²) in [4.78, 5) is 0.356. The second-order valence-corrected chi connectivity index (χ2v) is 6.50. The van der Waals surface area contributed by atoms with Crippen molar-refractivity contribution in [2.45, 2.75) is 18.2 Å². The molecule has 6 heteroatoms. The molecule has 19 heavy (non-hydrogen) atoms. The first-order chi connectivity index (χ1) is 9.11. The molecule has 0 aliphatic rings. The molecule has 0 aromatic heterocycles. The van der Waals surface area contributed by atoms with Crippen molar-refractivity contribution in [3.05, 3.63) is 24.3 Å². The van der Waals surface area contributed by atoms with Gasteiger partial charge in [0.1, 0.15) is 0 Å². The number of hydrogen-bond acceptors (Lipinski definition) is 4. The number of nitrogens with one attached hydrogen (secondary N) is 1. The highest BCUT2D eigenvalue weighted by Gasteiger charge is 2.16. The quantitative estimate of drug-likeness (QED) is 0.563. The van der Waals surface area contributed by atoms with E-state index < -0.39 is 9.84 Å². The molecular formula is C13H20ClNO3S. The third kappa shape index (κ3) is 5.38. The fraction of sp³-hybridized carbons (Fsp3) is 0.538. The first-order valence-electron chi connectivity index (χ1n) is 6.31. The van der Waals surface area contributed by atoms with Gasteiger partial charge in [-0.15, -0.1) is 11.6 Å². The number of alkyl halides is 1. The zero-order valence-electron chi connectivity index (χ0n) is 11.1. The zero-order valence-corrected chi connectivity index (χ0v) is 12.6. The van der Waals surface area contributed by atoms with Gasteiger partial charge in [-0.3, -0.25) is 0 Å². The number of hydrogen-bond donors (Lipinski definition) is 1. The van der Waals surface area contributed by atoms with Crippen molar-refractivity contribution >= 4 is 27.1 Å². The molecule has 0 unspecified atom stereocenters. The van der Waals surface area contributed by atoms with Crippen LogP contribution in [-0.4, -0.2) is 39.8 Å². The molecule has 0 amide bonds. The topological polar surface area (TPSA) is 55.4 Å². The Kier molecular flexibility index (Phi) is 7.20. The fourth-order valence-electron chi connectivity index (χ4n) is 1.68. The number of sulfone groups is 1. The molecule has 0 aliphatic carbocycles. The predicted octanol–water partition coefficient (Wildman–Crippen LogP) is 2.54. The second-order valence-electron chi connectivity index (χ2n) is 4.04. The van der Waals surface area contributed by atoms with Crippen LogP contribution in [-0.2, 0) is 14.6 Å². The molecule has 0 bridgehead atoms. The van der Waals surface area contributed by atoms with Crippen molar-refractivity contribution in [3.8, 4) is 0 Å². The SMILES string of the molecule is CCCS(=O)(=O)c1ccccc1NCCOCCCl. The second kappa shape index (κ2) is 8.40. The smallest absolute Gasteiger partial charge is 0.180 e. The van der Waals surface area contributed by atoms with Gasteiger partial charge in [-0.25, -0.2) is 8.42 Å². The summed E-state index contributed by atoms with van der Waals surface area (Å²) in [5.41, 5.74) is 0.630. The van der Waals surface area contributed by atoms with Gasteiger partial charge in [0.25, 0.3) is 0 Å². The van der Waals surface area contributed by atoms with Crippen LogP contribution in [0, 0.1) is 0 Å². The molecule has 1 aromatic rings. The minimum absolute atomic E-state index is 0.161. The Hall–Kier alpha value is -0.780. The molecule has 0 aliphatic heterocycles. The third-order valence-electron chi connectivity index (χ3n) is 2.48. The summed E-state index contributed by atoms with van der Waals surface area (Å²) in [7, 11) is -3.21. The molecule has 4 nitrogen and oxygen atoms in total. The molecule has 108 valence electrons. The van der Waals surface area contributed by atoms with Gasteiger partial charge < -0.3 is 10.1 Å². The summed E-state index contributed by atoms with van der Waals surface area (Å²) in [5, 5.41) is 3.09. The van der Waals surface area contributed by atoms with Crippen molar-refractivity contribution < 1.29 is 13.2 Å². The van der Waals surface area contributed by atoms with Crippen molar-refractivity contribution in [2.24, 2.45) is 0 Å². The molecule has 0 radical (unpaired) electrons. The number of rotatable bonds is 9. The van der Waals surface area contributed by atoms with Gasteiger partial charge >= 0.3 is 0 Å². The first-order valence-corrected chi connectivity index (χ1v) is 8.50. The van der Waals surface area contributed by atoms with E-state index in [2.05, 4.69) is 5.32 Å². The highest BCUT2D eigenvalue weighted by Crippen LogP contribution is 2.22. The molecular weight excluding hydrogens is 286 g/mol. The van der Waals surface area contributed by atoms with Crippen molar-refractivity contribution in [1.29, 1.82) is 0 Å². The molecule has 1 rings (SSSR count). The molecule has 0 saturated carbocycles. The van der Waals surface area contributed by atoms with E-state index in [4.69, 9.17) is 16.3 Å². The maximum absolute atomic E-state index is 12.1. The summed E-state index contributed by atoms with van der Waals surface area (Å²) in [6.45, 7) is 3.40. The monoisotopic (exact) mass is 305 g/mol. The van der Waals surface area contributed by atoms with Crippen LogP contribution in [0.2, 0.25) is 0 Å². The Morgan fingerprint density at radius 1 is 1.26 bits per heavy atom. The van der Waals surface area contributed by atoms with Crippen LogP contribution in [0.1, 0.15) is 13.3 Å². The van der Waals surface area contributed by atoms with E-state index in [9.17, 15) is 8.42 Å². The molecule has 0 heterocycles. The van der Waals surface area contributed by atoms with E-state index in [0.29, 0.717) is 42.6 Å². The minimum atomic E-state index is -3.21. The van der Waals surface area contributed by atoms with Gasteiger partial charge in [-0.05, 0) is 18.6 Å². The third-order valence-corrected chi connectivity index (χ3v) is 4.60. The van der Waals surface area contributed by atoms with E-state index >= 15 is 0 Å². The normalized spacial score (nSPS) is 11.5. The lowest BCUT2D eigenvalue weighted by molar-refractivity contribution is 0.160.